The lowest BCUT2D eigenvalue weighted by molar-refractivity contribution is -0.161. The van der Waals surface area contributed by atoms with E-state index in [0.29, 0.717) is 25.7 Å². The van der Waals surface area contributed by atoms with Gasteiger partial charge in [0.25, 0.3) is 0 Å². The van der Waals surface area contributed by atoms with E-state index in [9.17, 15) is 43.2 Å². The summed E-state index contributed by atoms with van der Waals surface area (Å²) in [7, 11) is -9.92. The van der Waals surface area contributed by atoms with Crippen LogP contribution in [0.15, 0.2) is 0 Å². The molecule has 0 radical (unpaired) electrons. The topological polar surface area (TPSA) is 237 Å². The number of phosphoric acid groups is 2. The molecule has 0 aliphatic rings. The maximum atomic E-state index is 13.1. The molecule has 600 valence electrons. The summed E-state index contributed by atoms with van der Waals surface area (Å²) in [5.74, 6) is -0.579. The number of ether oxygens (including phenoxy) is 4. The molecule has 0 bridgehead atoms. The highest BCUT2D eigenvalue weighted by atomic mass is 31.2. The van der Waals surface area contributed by atoms with Crippen molar-refractivity contribution in [1.29, 1.82) is 0 Å². The van der Waals surface area contributed by atoms with Gasteiger partial charge < -0.3 is 33.8 Å². The summed E-state index contributed by atoms with van der Waals surface area (Å²) in [6.07, 6.45) is 64.0. The van der Waals surface area contributed by atoms with Crippen molar-refractivity contribution in [2.75, 3.05) is 39.6 Å². The largest absolute Gasteiger partial charge is 0.472 e. The van der Waals surface area contributed by atoms with Gasteiger partial charge in [0.2, 0.25) is 0 Å². The van der Waals surface area contributed by atoms with Gasteiger partial charge in [0, 0.05) is 25.7 Å². The molecule has 0 aromatic rings. The highest BCUT2D eigenvalue weighted by Gasteiger charge is 2.30. The number of aliphatic hydroxyl groups is 1. The second kappa shape index (κ2) is 73.6. The third-order valence-electron chi connectivity index (χ3n) is 19.6. The minimum atomic E-state index is -4.96. The van der Waals surface area contributed by atoms with Gasteiger partial charge in [0.1, 0.15) is 19.3 Å². The first-order chi connectivity index (χ1) is 48.9. The highest BCUT2D eigenvalue weighted by molar-refractivity contribution is 7.47. The van der Waals surface area contributed by atoms with Crippen molar-refractivity contribution in [3.05, 3.63) is 0 Å². The third kappa shape index (κ3) is 74.7. The molecule has 0 amide bonds. The lowest BCUT2D eigenvalue weighted by Crippen LogP contribution is -2.30. The molecule has 0 aromatic carbocycles. The molecule has 101 heavy (non-hydrogen) atoms. The molecule has 0 aromatic heterocycles. The van der Waals surface area contributed by atoms with E-state index in [1.54, 1.807) is 0 Å². The van der Waals surface area contributed by atoms with Crippen LogP contribution in [0.25, 0.3) is 0 Å². The van der Waals surface area contributed by atoms with Gasteiger partial charge in [-0.05, 0) is 37.5 Å². The number of carbonyl (C=O) groups excluding carboxylic acids is 4. The van der Waals surface area contributed by atoms with Gasteiger partial charge in [-0.15, -0.1) is 0 Å². The van der Waals surface area contributed by atoms with Crippen molar-refractivity contribution in [1.82, 2.24) is 0 Å². The van der Waals surface area contributed by atoms with E-state index >= 15 is 0 Å². The average molecular weight is 1480 g/mol. The van der Waals surface area contributed by atoms with Crippen LogP contribution in [0.2, 0.25) is 0 Å². The van der Waals surface area contributed by atoms with E-state index in [1.165, 1.54) is 244 Å². The fraction of sp³-hybridized carbons (Fsp3) is 0.951. The lowest BCUT2D eigenvalue weighted by Gasteiger charge is -2.21. The maximum absolute atomic E-state index is 13.1. The minimum absolute atomic E-state index is 0.107. The van der Waals surface area contributed by atoms with Crippen molar-refractivity contribution in [2.45, 2.75) is 452 Å². The van der Waals surface area contributed by atoms with Gasteiger partial charge in [-0.1, -0.05) is 382 Å². The molecule has 0 spiro atoms. The number of unbranched alkanes of at least 4 members (excludes halogenated alkanes) is 50. The number of rotatable bonds is 81. The molecule has 0 fully saturated rings. The number of phosphoric ester groups is 2. The molecule has 6 atom stereocenters. The van der Waals surface area contributed by atoms with Crippen LogP contribution in [0, 0.1) is 11.8 Å². The molecule has 0 aliphatic carbocycles. The Kier molecular flexibility index (Phi) is 72.2. The second-order valence-electron chi connectivity index (χ2n) is 30.2. The summed E-state index contributed by atoms with van der Waals surface area (Å²) in [6, 6.07) is 0. The first-order valence-corrected chi connectivity index (χ1v) is 45.5. The Morgan fingerprint density at radius 1 is 0.287 bits per heavy atom. The van der Waals surface area contributed by atoms with Gasteiger partial charge in [0.05, 0.1) is 26.4 Å². The number of hydrogen-bond acceptors (Lipinski definition) is 15. The summed E-state index contributed by atoms with van der Waals surface area (Å²) in [6.45, 7) is 9.62. The molecule has 3 unspecified atom stereocenters. The molecular formula is C82H160O17P2. The van der Waals surface area contributed by atoms with Gasteiger partial charge in [-0.2, -0.15) is 0 Å². The molecule has 0 heterocycles. The summed E-state index contributed by atoms with van der Waals surface area (Å²) in [4.78, 5) is 73.0. The van der Waals surface area contributed by atoms with Crippen molar-refractivity contribution in [2.24, 2.45) is 11.8 Å². The van der Waals surface area contributed by atoms with Crippen LogP contribution in [0.3, 0.4) is 0 Å². The predicted octanol–water partition coefficient (Wildman–Crippen LogP) is 24.7. The van der Waals surface area contributed by atoms with Gasteiger partial charge in [0.15, 0.2) is 12.2 Å². The fourth-order valence-corrected chi connectivity index (χ4v) is 14.3. The number of hydrogen-bond donors (Lipinski definition) is 3. The molecule has 0 saturated carbocycles. The van der Waals surface area contributed by atoms with Crippen LogP contribution in [0.4, 0.5) is 0 Å². The Hall–Kier alpha value is -1.94. The third-order valence-corrected chi connectivity index (χ3v) is 21.5. The SMILES string of the molecule is CCCCCCCCCCCCCCCCCCCCCCCCC(=O)O[C@H](COC(=O)CCCCCCCCCCCCCCCCC(C)C)COP(=O)(O)OC[C@@H](O)COP(=O)(O)OC[C@@H](COC(=O)CCCCCCCCC(C)CC)OC(=O)CCCCCCCCCCCCCC. The Bertz CT molecular complexity index is 1940. The second-order valence-corrected chi connectivity index (χ2v) is 33.1. The molecule has 0 saturated heterocycles. The monoisotopic (exact) mass is 1480 g/mol. The molecule has 3 N–H and O–H groups in total. The Morgan fingerprint density at radius 2 is 0.505 bits per heavy atom. The first-order valence-electron chi connectivity index (χ1n) is 42.5. The van der Waals surface area contributed by atoms with Crippen LogP contribution in [0.5, 0.6) is 0 Å². The van der Waals surface area contributed by atoms with Crippen LogP contribution < -0.4 is 0 Å². The van der Waals surface area contributed by atoms with Crippen LogP contribution in [-0.2, 0) is 65.4 Å². The summed E-state index contributed by atoms with van der Waals surface area (Å²) >= 11 is 0. The van der Waals surface area contributed by atoms with Crippen molar-refractivity contribution in [3.8, 4) is 0 Å². The van der Waals surface area contributed by atoms with Gasteiger partial charge in [-0.25, -0.2) is 9.13 Å². The van der Waals surface area contributed by atoms with Crippen molar-refractivity contribution < 1.29 is 80.2 Å². The van der Waals surface area contributed by atoms with Crippen LogP contribution in [0.1, 0.15) is 433 Å². The van der Waals surface area contributed by atoms with Crippen molar-refractivity contribution >= 4 is 39.5 Å². The fourth-order valence-electron chi connectivity index (χ4n) is 12.7. The normalized spacial score (nSPS) is 14.2. The zero-order valence-corrected chi connectivity index (χ0v) is 68.0. The van der Waals surface area contributed by atoms with E-state index in [2.05, 4.69) is 41.5 Å². The van der Waals surface area contributed by atoms with E-state index in [4.69, 9.17) is 37.0 Å². The summed E-state index contributed by atoms with van der Waals surface area (Å²) in [5, 5.41) is 10.6. The average Bonchev–Trinajstić information content (AvgIpc) is 0.930. The zero-order chi connectivity index (χ0) is 74.2. The molecule has 0 aliphatic heterocycles. The van der Waals surface area contributed by atoms with E-state index in [-0.39, 0.29) is 25.7 Å². The molecule has 19 heteroatoms. The minimum Gasteiger partial charge on any atom is -0.462 e. The smallest absolute Gasteiger partial charge is 0.462 e. The first kappa shape index (κ1) is 99.1. The molecular weight excluding hydrogens is 1320 g/mol. The predicted molar refractivity (Wildman–Crippen MR) is 414 cm³/mol. The number of esters is 4. The number of aliphatic hydroxyl groups excluding tert-OH is 1. The maximum Gasteiger partial charge on any atom is 0.472 e. The van der Waals surface area contributed by atoms with E-state index in [1.807, 2.05) is 0 Å². The quantitative estimate of drug-likeness (QED) is 0.0222. The Labute approximate surface area is 619 Å². The Morgan fingerprint density at radius 3 is 0.752 bits per heavy atom. The van der Waals surface area contributed by atoms with E-state index in [0.717, 1.165) is 108 Å². The molecule has 0 rings (SSSR count). The van der Waals surface area contributed by atoms with Crippen molar-refractivity contribution in [3.63, 3.8) is 0 Å². The Balaban J connectivity index is 5.21. The highest BCUT2D eigenvalue weighted by Crippen LogP contribution is 2.45. The number of carbonyl (C=O) groups is 4. The zero-order valence-electron chi connectivity index (χ0n) is 66.2. The summed E-state index contributed by atoms with van der Waals surface area (Å²) < 4.78 is 68.7. The standard InChI is InChI=1S/C82H160O17P2/c1-7-10-12-14-16-18-20-22-23-24-25-26-27-28-29-30-35-39-43-47-55-61-67-82(87)98-77(70-92-79(84)64-58-52-45-41-38-34-32-31-33-36-40-44-50-56-62-74(4)5)72-96-100(88,89)94-68-76(83)69-95-101(90,91)97-73-78(71-93-80(85)65-59-53-49-48-51-57-63-75(6)9-3)99-81(86)66-60-54-46-42-37-21-19-17-15-13-11-8-2/h74-78,83H,7-73H2,1-6H3,(H,88,89)(H,90,91)/t75?,76-,77-,78-/m1/s1. The van der Waals surface area contributed by atoms with Gasteiger partial charge in [-0.3, -0.25) is 37.3 Å². The van der Waals surface area contributed by atoms with Gasteiger partial charge >= 0.3 is 39.5 Å². The summed E-state index contributed by atoms with van der Waals surface area (Å²) in [5.41, 5.74) is 0. The van der Waals surface area contributed by atoms with Crippen LogP contribution in [-0.4, -0.2) is 96.7 Å². The molecule has 17 nitrogen and oxygen atoms in total. The lowest BCUT2D eigenvalue weighted by atomic mass is 10.00. The van der Waals surface area contributed by atoms with Crippen LogP contribution >= 0.6 is 15.6 Å². The van der Waals surface area contributed by atoms with E-state index < -0.39 is 97.5 Å².